The zero-order chi connectivity index (χ0) is 18.2. The zero-order valence-corrected chi connectivity index (χ0v) is 15.1. The van der Waals surface area contributed by atoms with Gasteiger partial charge in [-0.15, -0.1) is 0 Å². The molecule has 1 fully saturated rings. The fourth-order valence-corrected chi connectivity index (χ4v) is 3.01. The zero-order valence-electron chi connectivity index (χ0n) is 15.1. The van der Waals surface area contributed by atoms with Gasteiger partial charge in [-0.3, -0.25) is 14.7 Å². The predicted octanol–water partition coefficient (Wildman–Crippen LogP) is 1.86. The molecule has 1 aromatic carbocycles. The second-order valence-electron chi connectivity index (χ2n) is 6.23. The SMILES string of the molecule is COc1ccccc1OCC(=O)N1CCN(CCc2ccccn2)CC1. The number of methoxy groups -OCH3 is 1. The summed E-state index contributed by atoms with van der Waals surface area (Å²) in [7, 11) is 1.59. The van der Waals surface area contributed by atoms with Gasteiger partial charge in [0, 0.05) is 51.0 Å². The summed E-state index contributed by atoms with van der Waals surface area (Å²) in [5, 5.41) is 0. The summed E-state index contributed by atoms with van der Waals surface area (Å²) in [6, 6.07) is 13.4. The molecule has 2 heterocycles. The standard InChI is InChI=1S/C20H25N3O3/c1-25-18-7-2-3-8-19(18)26-16-20(24)23-14-12-22(13-15-23)11-9-17-6-4-5-10-21-17/h2-8,10H,9,11-16H2,1H3. The molecule has 1 aliphatic heterocycles. The van der Waals surface area contributed by atoms with Crippen LogP contribution in [0.4, 0.5) is 0 Å². The van der Waals surface area contributed by atoms with Gasteiger partial charge in [0.1, 0.15) is 0 Å². The van der Waals surface area contributed by atoms with E-state index in [0.29, 0.717) is 11.5 Å². The van der Waals surface area contributed by atoms with Crippen LogP contribution < -0.4 is 9.47 Å². The minimum absolute atomic E-state index is 0.0142. The Kier molecular flexibility index (Phi) is 6.44. The molecular weight excluding hydrogens is 330 g/mol. The number of pyridine rings is 1. The fraction of sp³-hybridized carbons (Fsp3) is 0.400. The monoisotopic (exact) mass is 355 g/mol. The molecule has 6 nitrogen and oxygen atoms in total. The molecule has 3 rings (SSSR count). The highest BCUT2D eigenvalue weighted by Gasteiger charge is 2.21. The Labute approximate surface area is 154 Å². The maximum atomic E-state index is 12.4. The summed E-state index contributed by atoms with van der Waals surface area (Å²) >= 11 is 0. The molecule has 0 atom stereocenters. The lowest BCUT2D eigenvalue weighted by Crippen LogP contribution is -2.50. The second kappa shape index (κ2) is 9.20. The summed E-state index contributed by atoms with van der Waals surface area (Å²) in [5.41, 5.74) is 1.11. The van der Waals surface area contributed by atoms with Crippen LogP contribution in [0.25, 0.3) is 0 Å². The average molecular weight is 355 g/mol. The molecule has 0 aliphatic carbocycles. The molecule has 0 radical (unpaired) electrons. The number of hydrogen-bond acceptors (Lipinski definition) is 5. The Hall–Kier alpha value is -2.60. The van der Waals surface area contributed by atoms with Crippen molar-refractivity contribution in [3.05, 3.63) is 54.4 Å². The lowest BCUT2D eigenvalue weighted by atomic mass is 10.2. The van der Waals surface area contributed by atoms with Gasteiger partial charge in [0.15, 0.2) is 18.1 Å². The van der Waals surface area contributed by atoms with Crippen molar-refractivity contribution < 1.29 is 14.3 Å². The number of hydrogen-bond donors (Lipinski definition) is 0. The number of amides is 1. The average Bonchev–Trinajstić information content (AvgIpc) is 2.72. The molecule has 1 saturated heterocycles. The molecule has 0 N–H and O–H groups in total. The third-order valence-corrected chi connectivity index (χ3v) is 4.56. The van der Waals surface area contributed by atoms with Crippen molar-refractivity contribution in [3.8, 4) is 11.5 Å². The van der Waals surface area contributed by atoms with Gasteiger partial charge in [0.05, 0.1) is 7.11 Å². The van der Waals surface area contributed by atoms with Gasteiger partial charge in [-0.2, -0.15) is 0 Å². The highest BCUT2D eigenvalue weighted by molar-refractivity contribution is 5.78. The number of para-hydroxylation sites is 2. The number of nitrogens with zero attached hydrogens (tertiary/aromatic N) is 3. The van der Waals surface area contributed by atoms with Crippen molar-refractivity contribution in [1.29, 1.82) is 0 Å². The minimum atomic E-state index is 0.0142. The van der Waals surface area contributed by atoms with Crippen molar-refractivity contribution in [3.63, 3.8) is 0 Å². The highest BCUT2D eigenvalue weighted by Crippen LogP contribution is 2.25. The van der Waals surface area contributed by atoms with E-state index in [-0.39, 0.29) is 12.5 Å². The number of carbonyl (C=O) groups excluding carboxylic acids is 1. The third-order valence-electron chi connectivity index (χ3n) is 4.56. The second-order valence-corrected chi connectivity index (χ2v) is 6.23. The lowest BCUT2D eigenvalue weighted by molar-refractivity contribution is -0.135. The van der Waals surface area contributed by atoms with Crippen LogP contribution >= 0.6 is 0 Å². The first-order valence-corrected chi connectivity index (χ1v) is 8.92. The van der Waals surface area contributed by atoms with E-state index in [1.807, 2.05) is 47.5 Å². The van der Waals surface area contributed by atoms with Crippen LogP contribution in [0.5, 0.6) is 11.5 Å². The van der Waals surface area contributed by atoms with Crippen molar-refractivity contribution >= 4 is 5.91 Å². The summed E-state index contributed by atoms with van der Waals surface area (Å²) in [4.78, 5) is 21.0. The van der Waals surface area contributed by atoms with Gasteiger partial charge in [0.2, 0.25) is 0 Å². The number of benzene rings is 1. The molecule has 0 spiro atoms. The summed E-state index contributed by atoms with van der Waals surface area (Å²) < 4.78 is 10.9. The van der Waals surface area contributed by atoms with Crippen molar-refractivity contribution in [2.45, 2.75) is 6.42 Å². The van der Waals surface area contributed by atoms with Crippen molar-refractivity contribution in [2.24, 2.45) is 0 Å². The number of ether oxygens (including phenoxy) is 2. The largest absolute Gasteiger partial charge is 0.493 e. The Bertz CT molecular complexity index is 700. The molecule has 1 amide bonds. The maximum absolute atomic E-state index is 12.4. The Balaban J connectivity index is 1.40. The van der Waals surface area contributed by atoms with Gasteiger partial charge in [0.25, 0.3) is 5.91 Å². The molecular formula is C20H25N3O3. The molecule has 6 heteroatoms. The Morgan fingerprint density at radius 1 is 1.04 bits per heavy atom. The van der Waals surface area contributed by atoms with Crippen LogP contribution in [0.1, 0.15) is 5.69 Å². The van der Waals surface area contributed by atoms with E-state index in [2.05, 4.69) is 16.0 Å². The third kappa shape index (κ3) is 4.95. The first-order chi connectivity index (χ1) is 12.8. The Morgan fingerprint density at radius 2 is 1.77 bits per heavy atom. The van der Waals surface area contributed by atoms with Crippen molar-refractivity contribution in [1.82, 2.24) is 14.8 Å². The van der Waals surface area contributed by atoms with Crippen molar-refractivity contribution in [2.75, 3.05) is 46.4 Å². The molecule has 1 aliphatic rings. The maximum Gasteiger partial charge on any atom is 0.260 e. The quantitative estimate of drug-likeness (QED) is 0.759. The van der Waals surface area contributed by atoms with Gasteiger partial charge < -0.3 is 14.4 Å². The van der Waals surface area contributed by atoms with Crippen LogP contribution in [-0.2, 0) is 11.2 Å². The Morgan fingerprint density at radius 3 is 2.46 bits per heavy atom. The number of aromatic nitrogens is 1. The van der Waals surface area contributed by atoms with Gasteiger partial charge >= 0.3 is 0 Å². The lowest BCUT2D eigenvalue weighted by Gasteiger charge is -2.34. The number of piperazine rings is 1. The molecule has 0 bridgehead atoms. The molecule has 1 aromatic heterocycles. The topological polar surface area (TPSA) is 54.9 Å². The highest BCUT2D eigenvalue weighted by atomic mass is 16.5. The summed E-state index contributed by atoms with van der Waals surface area (Å²) in [6.45, 7) is 4.23. The normalized spacial score (nSPS) is 14.9. The summed E-state index contributed by atoms with van der Waals surface area (Å²) in [5.74, 6) is 1.25. The van der Waals surface area contributed by atoms with Crippen LogP contribution in [0, 0.1) is 0 Å². The number of carbonyl (C=O) groups is 1. The van der Waals surface area contributed by atoms with E-state index in [1.165, 1.54) is 0 Å². The van der Waals surface area contributed by atoms with E-state index in [1.54, 1.807) is 7.11 Å². The van der Waals surface area contributed by atoms with Gasteiger partial charge in [-0.05, 0) is 24.3 Å². The first-order valence-electron chi connectivity index (χ1n) is 8.92. The molecule has 0 unspecified atom stereocenters. The van der Waals surface area contributed by atoms with Crippen LogP contribution in [-0.4, -0.2) is 67.1 Å². The van der Waals surface area contributed by atoms with E-state index < -0.39 is 0 Å². The van der Waals surface area contributed by atoms with E-state index in [4.69, 9.17) is 9.47 Å². The van der Waals surface area contributed by atoms with Gasteiger partial charge in [-0.1, -0.05) is 18.2 Å². The minimum Gasteiger partial charge on any atom is -0.493 e. The fourth-order valence-electron chi connectivity index (χ4n) is 3.01. The van der Waals surface area contributed by atoms with E-state index in [9.17, 15) is 4.79 Å². The molecule has 2 aromatic rings. The molecule has 138 valence electrons. The van der Waals surface area contributed by atoms with E-state index in [0.717, 1.165) is 44.8 Å². The first kappa shape index (κ1) is 18.2. The predicted molar refractivity (Wildman–Crippen MR) is 99.5 cm³/mol. The number of rotatable bonds is 7. The van der Waals surface area contributed by atoms with Crippen LogP contribution in [0.15, 0.2) is 48.7 Å². The smallest absolute Gasteiger partial charge is 0.260 e. The van der Waals surface area contributed by atoms with Crippen LogP contribution in [0.3, 0.4) is 0 Å². The van der Waals surface area contributed by atoms with Gasteiger partial charge in [-0.25, -0.2) is 0 Å². The molecule has 26 heavy (non-hydrogen) atoms. The van der Waals surface area contributed by atoms with E-state index >= 15 is 0 Å². The summed E-state index contributed by atoms with van der Waals surface area (Å²) in [6.07, 6.45) is 2.76. The van der Waals surface area contributed by atoms with Crippen LogP contribution in [0.2, 0.25) is 0 Å². The molecule has 0 saturated carbocycles.